The minimum absolute atomic E-state index is 0.0302. The van der Waals surface area contributed by atoms with Crippen molar-refractivity contribution in [2.24, 2.45) is 5.92 Å². The van der Waals surface area contributed by atoms with E-state index in [1.54, 1.807) is 26.1 Å². The number of carbonyl (C=O) groups excluding carboxylic acids is 1. The van der Waals surface area contributed by atoms with Gasteiger partial charge in [0.05, 0.1) is 33.7 Å². The van der Waals surface area contributed by atoms with E-state index >= 15 is 0 Å². The number of hydrogen-bond donors (Lipinski definition) is 1. The molecule has 2 atom stereocenters. The van der Waals surface area contributed by atoms with Crippen LogP contribution in [0.15, 0.2) is 36.7 Å². The second-order valence-electron chi connectivity index (χ2n) is 8.93. The molecule has 0 aliphatic carbocycles. The fraction of sp³-hybridized carbons (Fsp3) is 0.417. The largest absolute Gasteiger partial charge is 0.417 e. The first-order valence-electron chi connectivity index (χ1n) is 11.2. The number of nitrogens with zero attached hydrogens (tertiary/aromatic N) is 4. The smallest absolute Gasteiger partial charge is 0.368 e. The van der Waals surface area contributed by atoms with Gasteiger partial charge in [-0.25, -0.2) is 18.7 Å². The number of likely N-dealkylation sites (tertiary alicyclic amines) is 1. The fourth-order valence-electron chi connectivity index (χ4n) is 4.35. The highest BCUT2D eigenvalue weighted by molar-refractivity contribution is 7.15. The minimum atomic E-state index is -4.52. The number of anilines is 1. The SMILES string of the molecule is Cc1nc(C(=O)N2CC(F)(F)CC(C)C2CNc2ccc(C(F)(F)F)cn2)c(-c2ncccc2C)s1. The van der Waals surface area contributed by atoms with Crippen LogP contribution in [-0.2, 0) is 6.18 Å². The highest BCUT2D eigenvalue weighted by atomic mass is 32.1. The van der Waals surface area contributed by atoms with E-state index in [9.17, 15) is 26.7 Å². The van der Waals surface area contributed by atoms with Gasteiger partial charge in [0, 0.05) is 25.4 Å². The molecule has 1 aliphatic heterocycles. The molecule has 1 aliphatic rings. The van der Waals surface area contributed by atoms with Gasteiger partial charge in [0.15, 0.2) is 0 Å². The summed E-state index contributed by atoms with van der Waals surface area (Å²) in [5.74, 6) is -4.18. The average Bonchev–Trinajstić information content (AvgIpc) is 3.18. The number of halogens is 5. The highest BCUT2D eigenvalue weighted by Crippen LogP contribution is 2.38. The number of pyridine rings is 2. The summed E-state index contributed by atoms with van der Waals surface area (Å²) in [6.07, 6.45) is -2.66. The Kier molecular flexibility index (Phi) is 7.00. The Morgan fingerprint density at radius 2 is 1.97 bits per heavy atom. The molecule has 1 saturated heterocycles. The first-order valence-corrected chi connectivity index (χ1v) is 12.0. The number of thiazole rings is 1. The third-order valence-corrected chi connectivity index (χ3v) is 7.06. The van der Waals surface area contributed by atoms with Crippen molar-refractivity contribution in [3.8, 4) is 10.6 Å². The van der Waals surface area contributed by atoms with Crippen LogP contribution in [0.25, 0.3) is 10.6 Å². The summed E-state index contributed by atoms with van der Waals surface area (Å²) in [5, 5.41) is 3.50. The van der Waals surface area contributed by atoms with Gasteiger partial charge in [0.1, 0.15) is 11.5 Å². The molecule has 0 aromatic carbocycles. The zero-order valence-corrected chi connectivity index (χ0v) is 20.6. The summed E-state index contributed by atoms with van der Waals surface area (Å²) >= 11 is 1.26. The van der Waals surface area contributed by atoms with E-state index in [4.69, 9.17) is 0 Å². The Hall–Kier alpha value is -3.15. The van der Waals surface area contributed by atoms with Crippen molar-refractivity contribution in [2.45, 2.75) is 45.3 Å². The van der Waals surface area contributed by atoms with E-state index in [0.717, 1.165) is 16.5 Å². The van der Waals surface area contributed by atoms with Crippen molar-refractivity contribution in [3.05, 3.63) is 58.5 Å². The Labute approximate surface area is 208 Å². The average molecular weight is 526 g/mol. The van der Waals surface area contributed by atoms with Crippen LogP contribution >= 0.6 is 11.3 Å². The number of hydrogen-bond acceptors (Lipinski definition) is 6. The Morgan fingerprint density at radius 3 is 2.61 bits per heavy atom. The molecule has 3 aromatic heterocycles. The van der Waals surface area contributed by atoms with E-state index in [2.05, 4.69) is 20.3 Å². The van der Waals surface area contributed by atoms with E-state index in [0.29, 0.717) is 21.8 Å². The standard InChI is InChI=1S/C24H24F5N5OS/c1-13-5-4-8-30-19(13)21-20(33-15(3)36-21)22(35)34-12-23(25,26)9-14(2)17(34)11-32-18-7-6-16(10-31-18)24(27,28)29/h4-8,10,14,17H,9,11-12H2,1-3H3,(H,31,32). The van der Waals surface area contributed by atoms with Crippen molar-refractivity contribution in [3.63, 3.8) is 0 Å². The zero-order chi connectivity index (χ0) is 26.3. The molecule has 0 radical (unpaired) electrons. The number of aryl methyl sites for hydroxylation is 2. The van der Waals surface area contributed by atoms with Crippen LogP contribution in [-0.4, -0.2) is 50.8 Å². The molecule has 1 fully saturated rings. The number of piperidine rings is 1. The fourth-order valence-corrected chi connectivity index (χ4v) is 5.32. The summed E-state index contributed by atoms with van der Waals surface area (Å²) in [4.78, 5) is 27.8. The highest BCUT2D eigenvalue weighted by Gasteiger charge is 2.47. The van der Waals surface area contributed by atoms with Gasteiger partial charge in [-0.3, -0.25) is 9.78 Å². The van der Waals surface area contributed by atoms with E-state index in [1.165, 1.54) is 17.4 Å². The van der Waals surface area contributed by atoms with Crippen molar-refractivity contribution in [1.29, 1.82) is 0 Å². The quantitative estimate of drug-likeness (QED) is 0.424. The third kappa shape index (κ3) is 5.48. The first kappa shape index (κ1) is 25.9. The second kappa shape index (κ2) is 9.72. The maximum Gasteiger partial charge on any atom is 0.417 e. The van der Waals surface area contributed by atoms with Crippen molar-refractivity contribution in [1.82, 2.24) is 19.9 Å². The van der Waals surface area contributed by atoms with Crippen molar-refractivity contribution < 1.29 is 26.7 Å². The lowest BCUT2D eigenvalue weighted by molar-refractivity contribution is -0.137. The van der Waals surface area contributed by atoms with Crippen LogP contribution in [0.4, 0.5) is 27.8 Å². The number of aromatic nitrogens is 3. The van der Waals surface area contributed by atoms with Crippen LogP contribution < -0.4 is 5.32 Å². The van der Waals surface area contributed by atoms with Gasteiger partial charge >= 0.3 is 6.18 Å². The summed E-state index contributed by atoms with van der Waals surface area (Å²) in [6.45, 7) is 4.43. The van der Waals surface area contributed by atoms with Crippen LogP contribution in [0.3, 0.4) is 0 Å². The molecule has 3 aromatic rings. The molecular weight excluding hydrogens is 501 g/mol. The van der Waals surface area contributed by atoms with E-state index < -0.39 is 48.5 Å². The normalized spacial score (nSPS) is 19.8. The Balaban J connectivity index is 1.62. The molecule has 4 rings (SSSR count). The van der Waals surface area contributed by atoms with Gasteiger partial charge in [0.2, 0.25) is 0 Å². The molecule has 0 saturated carbocycles. The van der Waals surface area contributed by atoms with Crippen LogP contribution in [0.1, 0.15) is 40.0 Å². The van der Waals surface area contributed by atoms with Gasteiger partial charge in [0.25, 0.3) is 11.8 Å². The maximum atomic E-state index is 14.6. The molecule has 12 heteroatoms. The van der Waals surface area contributed by atoms with E-state index in [-0.39, 0.29) is 18.1 Å². The van der Waals surface area contributed by atoms with Crippen LogP contribution in [0, 0.1) is 19.8 Å². The molecule has 1 amide bonds. The summed E-state index contributed by atoms with van der Waals surface area (Å²) in [6, 6.07) is 4.99. The third-order valence-electron chi connectivity index (χ3n) is 6.08. The van der Waals surface area contributed by atoms with Crippen molar-refractivity contribution >= 4 is 23.1 Å². The first-order chi connectivity index (χ1) is 16.9. The van der Waals surface area contributed by atoms with Crippen LogP contribution in [0.2, 0.25) is 0 Å². The van der Waals surface area contributed by atoms with Gasteiger partial charge in [-0.15, -0.1) is 11.3 Å². The lowest BCUT2D eigenvalue weighted by Gasteiger charge is -2.43. The number of carbonyl (C=O) groups is 1. The minimum Gasteiger partial charge on any atom is -0.368 e. The number of nitrogens with one attached hydrogen (secondary N) is 1. The molecule has 1 N–H and O–H groups in total. The van der Waals surface area contributed by atoms with Gasteiger partial charge in [-0.1, -0.05) is 13.0 Å². The zero-order valence-electron chi connectivity index (χ0n) is 19.7. The predicted octanol–water partition coefficient (Wildman–Crippen LogP) is 5.83. The molecule has 2 unspecified atom stereocenters. The summed E-state index contributed by atoms with van der Waals surface area (Å²) < 4.78 is 67.7. The lowest BCUT2D eigenvalue weighted by atomic mass is 9.88. The molecule has 36 heavy (non-hydrogen) atoms. The molecule has 0 spiro atoms. The molecular formula is C24H24F5N5OS. The Morgan fingerprint density at radius 1 is 1.22 bits per heavy atom. The predicted molar refractivity (Wildman–Crippen MR) is 126 cm³/mol. The molecule has 6 nitrogen and oxygen atoms in total. The Bertz CT molecular complexity index is 1240. The number of alkyl halides is 5. The topological polar surface area (TPSA) is 71.0 Å². The molecule has 4 heterocycles. The van der Waals surface area contributed by atoms with Gasteiger partial charge in [-0.2, -0.15) is 13.2 Å². The summed E-state index contributed by atoms with van der Waals surface area (Å²) in [7, 11) is 0. The van der Waals surface area contributed by atoms with Gasteiger partial charge < -0.3 is 10.2 Å². The lowest BCUT2D eigenvalue weighted by Crippen LogP contribution is -2.57. The number of amides is 1. The van der Waals surface area contributed by atoms with Gasteiger partial charge in [-0.05, 0) is 43.5 Å². The molecule has 0 bridgehead atoms. The second-order valence-corrected chi connectivity index (χ2v) is 10.1. The van der Waals surface area contributed by atoms with Crippen LogP contribution in [0.5, 0.6) is 0 Å². The molecule has 192 valence electrons. The summed E-state index contributed by atoms with van der Waals surface area (Å²) in [5.41, 5.74) is 0.541. The number of rotatable bonds is 5. The maximum absolute atomic E-state index is 14.6. The van der Waals surface area contributed by atoms with Crippen molar-refractivity contribution in [2.75, 3.05) is 18.4 Å². The monoisotopic (exact) mass is 525 g/mol. The van der Waals surface area contributed by atoms with E-state index in [1.807, 2.05) is 13.0 Å².